The summed E-state index contributed by atoms with van der Waals surface area (Å²) in [6.07, 6.45) is 1.72. The molecule has 0 atom stereocenters. The van der Waals surface area contributed by atoms with Crippen LogP contribution in [0.15, 0.2) is 41.0 Å². The average molecular weight is 278 g/mol. The maximum absolute atomic E-state index is 5.71. The Bertz CT molecular complexity index is 494. The largest absolute Gasteiger partial charge is 0.439 e. The molecule has 0 aliphatic heterocycles. The lowest BCUT2D eigenvalue weighted by molar-refractivity contribution is 0.459. The molecule has 0 amide bonds. The minimum atomic E-state index is 0.608. The van der Waals surface area contributed by atoms with Gasteiger partial charge in [0.15, 0.2) is 0 Å². The van der Waals surface area contributed by atoms with Gasteiger partial charge in [0.25, 0.3) is 0 Å². The fourth-order valence-electron chi connectivity index (χ4n) is 1.35. The van der Waals surface area contributed by atoms with E-state index in [1.54, 1.807) is 6.20 Å². The quantitative estimate of drug-likeness (QED) is 0.819. The van der Waals surface area contributed by atoms with E-state index in [0.29, 0.717) is 5.88 Å². The first-order valence-corrected chi connectivity index (χ1v) is 5.81. The summed E-state index contributed by atoms with van der Waals surface area (Å²) >= 11 is 3.34. The van der Waals surface area contributed by atoms with Gasteiger partial charge in [-0.15, -0.1) is 0 Å². The molecule has 0 bridgehead atoms. The molecule has 0 unspecified atom stereocenters. The molecule has 2 nitrogen and oxygen atoms in total. The zero-order chi connectivity index (χ0) is 11.5. The molecule has 0 aliphatic carbocycles. The number of rotatable bonds is 2. The molecule has 2 rings (SSSR count). The Kier molecular flexibility index (Phi) is 3.25. The second kappa shape index (κ2) is 4.66. The number of hydrogen-bond acceptors (Lipinski definition) is 2. The molecule has 0 fully saturated rings. The lowest BCUT2D eigenvalue weighted by Crippen LogP contribution is -1.90. The highest BCUT2D eigenvalue weighted by Gasteiger charge is 2.02. The number of benzene rings is 1. The van der Waals surface area contributed by atoms with Gasteiger partial charge in [-0.05, 0) is 53.0 Å². The third-order valence-electron chi connectivity index (χ3n) is 2.26. The summed E-state index contributed by atoms with van der Waals surface area (Å²) < 4.78 is 6.66. The molecule has 16 heavy (non-hydrogen) atoms. The van der Waals surface area contributed by atoms with Gasteiger partial charge in [-0.3, -0.25) is 0 Å². The first-order chi connectivity index (χ1) is 7.65. The molecule has 1 heterocycles. The molecule has 82 valence electrons. The Morgan fingerprint density at radius 2 is 1.94 bits per heavy atom. The summed E-state index contributed by atoms with van der Waals surface area (Å²) in [5.41, 5.74) is 2.29. The maximum atomic E-state index is 5.71. The highest BCUT2D eigenvalue weighted by atomic mass is 79.9. The van der Waals surface area contributed by atoms with E-state index in [1.165, 1.54) is 5.56 Å². The molecular formula is C13H12BrNO. The van der Waals surface area contributed by atoms with E-state index < -0.39 is 0 Å². The molecule has 0 radical (unpaired) electrons. The summed E-state index contributed by atoms with van der Waals surface area (Å²) in [6, 6.07) is 9.87. The summed E-state index contributed by atoms with van der Waals surface area (Å²) in [7, 11) is 0. The van der Waals surface area contributed by atoms with Crippen molar-refractivity contribution in [3.05, 3.63) is 52.1 Å². The highest BCUT2D eigenvalue weighted by Crippen LogP contribution is 2.25. The standard InChI is InChI=1S/C13H12BrNO/c1-9-3-4-10(2)12(7-9)16-13-6-5-11(14)8-15-13/h3-8H,1-2H3. The van der Waals surface area contributed by atoms with E-state index >= 15 is 0 Å². The van der Waals surface area contributed by atoms with Crippen LogP contribution in [0.4, 0.5) is 0 Å². The number of halogens is 1. The van der Waals surface area contributed by atoms with Crippen molar-refractivity contribution in [3.8, 4) is 11.6 Å². The second-order valence-corrected chi connectivity index (χ2v) is 4.60. The summed E-state index contributed by atoms with van der Waals surface area (Å²) in [5, 5.41) is 0. The topological polar surface area (TPSA) is 22.1 Å². The van der Waals surface area contributed by atoms with Crippen LogP contribution in [0, 0.1) is 13.8 Å². The zero-order valence-electron chi connectivity index (χ0n) is 9.20. The molecule has 0 N–H and O–H groups in total. The van der Waals surface area contributed by atoms with Crippen LogP contribution in [-0.2, 0) is 0 Å². The fraction of sp³-hybridized carbons (Fsp3) is 0.154. The van der Waals surface area contributed by atoms with E-state index in [0.717, 1.165) is 15.8 Å². The summed E-state index contributed by atoms with van der Waals surface area (Å²) in [6.45, 7) is 4.06. The molecule has 2 aromatic rings. The number of pyridine rings is 1. The first-order valence-electron chi connectivity index (χ1n) is 5.02. The lowest BCUT2D eigenvalue weighted by atomic mass is 10.1. The number of aryl methyl sites for hydroxylation is 2. The van der Waals surface area contributed by atoms with Gasteiger partial charge in [0, 0.05) is 16.7 Å². The predicted molar refractivity (Wildman–Crippen MR) is 67.9 cm³/mol. The molecule has 3 heteroatoms. The molecule has 1 aromatic heterocycles. The van der Waals surface area contributed by atoms with Crippen molar-refractivity contribution in [3.63, 3.8) is 0 Å². The second-order valence-electron chi connectivity index (χ2n) is 3.69. The Morgan fingerprint density at radius 3 is 2.62 bits per heavy atom. The van der Waals surface area contributed by atoms with Crippen molar-refractivity contribution >= 4 is 15.9 Å². The fourth-order valence-corrected chi connectivity index (χ4v) is 1.59. The van der Waals surface area contributed by atoms with E-state index in [-0.39, 0.29) is 0 Å². The van der Waals surface area contributed by atoms with Crippen molar-refractivity contribution in [2.45, 2.75) is 13.8 Å². The molecule has 0 saturated carbocycles. The third-order valence-corrected chi connectivity index (χ3v) is 2.73. The number of aromatic nitrogens is 1. The van der Waals surface area contributed by atoms with Crippen LogP contribution in [0.25, 0.3) is 0 Å². The van der Waals surface area contributed by atoms with Gasteiger partial charge in [0.2, 0.25) is 5.88 Å². The highest BCUT2D eigenvalue weighted by molar-refractivity contribution is 9.10. The van der Waals surface area contributed by atoms with Crippen LogP contribution in [0.3, 0.4) is 0 Å². The van der Waals surface area contributed by atoms with Gasteiger partial charge in [0.05, 0.1) is 0 Å². The van der Waals surface area contributed by atoms with Crippen LogP contribution < -0.4 is 4.74 Å². The Morgan fingerprint density at radius 1 is 1.12 bits per heavy atom. The number of ether oxygens (including phenoxy) is 1. The van der Waals surface area contributed by atoms with E-state index in [2.05, 4.69) is 27.0 Å². The minimum Gasteiger partial charge on any atom is -0.439 e. The molecular weight excluding hydrogens is 266 g/mol. The lowest BCUT2D eigenvalue weighted by Gasteiger charge is -2.08. The van der Waals surface area contributed by atoms with Gasteiger partial charge in [0.1, 0.15) is 5.75 Å². The van der Waals surface area contributed by atoms with E-state index in [4.69, 9.17) is 4.74 Å². The number of hydrogen-bond donors (Lipinski definition) is 0. The minimum absolute atomic E-state index is 0.608. The van der Waals surface area contributed by atoms with Gasteiger partial charge in [-0.2, -0.15) is 0 Å². The van der Waals surface area contributed by atoms with E-state index in [9.17, 15) is 0 Å². The number of nitrogens with zero attached hydrogens (tertiary/aromatic N) is 1. The summed E-state index contributed by atoms with van der Waals surface area (Å²) in [5.74, 6) is 1.46. The monoisotopic (exact) mass is 277 g/mol. The van der Waals surface area contributed by atoms with Crippen LogP contribution >= 0.6 is 15.9 Å². The van der Waals surface area contributed by atoms with Gasteiger partial charge in [-0.25, -0.2) is 4.98 Å². The zero-order valence-corrected chi connectivity index (χ0v) is 10.8. The van der Waals surface area contributed by atoms with Crippen LogP contribution in [0.5, 0.6) is 11.6 Å². The van der Waals surface area contributed by atoms with Crippen molar-refractivity contribution in [2.24, 2.45) is 0 Å². The first kappa shape index (κ1) is 11.1. The van der Waals surface area contributed by atoms with Crippen molar-refractivity contribution < 1.29 is 4.74 Å². The summed E-state index contributed by atoms with van der Waals surface area (Å²) in [4.78, 5) is 4.18. The normalized spacial score (nSPS) is 10.2. The predicted octanol–water partition coefficient (Wildman–Crippen LogP) is 4.25. The van der Waals surface area contributed by atoms with Gasteiger partial charge < -0.3 is 4.74 Å². The molecule has 0 spiro atoms. The van der Waals surface area contributed by atoms with Crippen molar-refractivity contribution in [1.82, 2.24) is 4.98 Å². The Balaban J connectivity index is 2.26. The smallest absolute Gasteiger partial charge is 0.219 e. The maximum Gasteiger partial charge on any atom is 0.219 e. The van der Waals surface area contributed by atoms with Crippen LogP contribution in [-0.4, -0.2) is 4.98 Å². The van der Waals surface area contributed by atoms with E-state index in [1.807, 2.05) is 38.1 Å². The molecule has 0 aliphatic rings. The third kappa shape index (κ3) is 2.61. The van der Waals surface area contributed by atoms with Crippen LogP contribution in [0.2, 0.25) is 0 Å². The Hall–Kier alpha value is -1.35. The van der Waals surface area contributed by atoms with Gasteiger partial charge >= 0.3 is 0 Å². The van der Waals surface area contributed by atoms with Crippen molar-refractivity contribution in [2.75, 3.05) is 0 Å². The van der Waals surface area contributed by atoms with Crippen LogP contribution in [0.1, 0.15) is 11.1 Å². The average Bonchev–Trinajstić information content (AvgIpc) is 2.27. The van der Waals surface area contributed by atoms with Gasteiger partial charge in [-0.1, -0.05) is 12.1 Å². The SMILES string of the molecule is Cc1ccc(C)c(Oc2ccc(Br)cn2)c1. The van der Waals surface area contributed by atoms with Crippen molar-refractivity contribution in [1.29, 1.82) is 0 Å². The Labute approximate surface area is 103 Å². The molecule has 1 aromatic carbocycles. The molecule has 0 saturated heterocycles.